The number of aromatic nitrogens is 2. The first-order valence-electron chi connectivity index (χ1n) is 10.3. The molecular weight excluding hydrogens is 436 g/mol. The molecule has 3 aromatic rings. The molecule has 0 bridgehead atoms. The lowest BCUT2D eigenvalue weighted by atomic mass is 10.1. The van der Waals surface area contributed by atoms with E-state index in [-0.39, 0.29) is 0 Å². The molecule has 1 saturated heterocycles. The highest BCUT2D eigenvalue weighted by molar-refractivity contribution is 7.89. The van der Waals surface area contributed by atoms with Gasteiger partial charge in [-0.05, 0) is 25.5 Å². The molecule has 166 valence electrons. The van der Waals surface area contributed by atoms with Gasteiger partial charge >= 0.3 is 0 Å². The van der Waals surface area contributed by atoms with E-state index in [1.54, 1.807) is 20.3 Å². The summed E-state index contributed by atoms with van der Waals surface area (Å²) in [4.78, 5) is 7.16. The van der Waals surface area contributed by atoms with Gasteiger partial charge in [0.05, 0.1) is 31.5 Å². The highest BCUT2D eigenvalue weighted by atomic mass is 35.5. The Kier molecular flexibility index (Phi) is 6.81. The average molecular weight is 463 g/mol. The molecule has 1 atom stereocenters. The van der Waals surface area contributed by atoms with Crippen LogP contribution in [-0.2, 0) is 11.4 Å². The first-order valence-corrected chi connectivity index (χ1v) is 12.0. The number of benzene rings is 1. The zero-order valence-corrected chi connectivity index (χ0v) is 19.6. The quantitative estimate of drug-likeness (QED) is 0.518. The molecule has 0 aliphatic carbocycles. The van der Waals surface area contributed by atoms with Crippen LogP contribution in [0.1, 0.15) is 13.3 Å². The van der Waals surface area contributed by atoms with E-state index in [1.165, 1.54) is 0 Å². The number of imidazole rings is 1. The topological polar surface area (TPSA) is 65.3 Å². The van der Waals surface area contributed by atoms with Crippen LogP contribution in [0.5, 0.6) is 11.5 Å². The molecule has 1 fully saturated rings. The van der Waals surface area contributed by atoms with E-state index in [0.717, 1.165) is 55.2 Å². The van der Waals surface area contributed by atoms with Crippen molar-refractivity contribution in [1.29, 1.82) is 0 Å². The molecule has 1 aliphatic rings. The van der Waals surface area contributed by atoms with Crippen LogP contribution in [0, 0.1) is 0 Å². The molecule has 9 heteroatoms. The Morgan fingerprint density at radius 1 is 1.10 bits per heavy atom. The number of hydrogen-bond donors (Lipinski definition) is 0. The molecule has 0 amide bonds. The number of halogens is 1. The maximum Gasteiger partial charge on any atom is 0.141 e. The Morgan fingerprint density at radius 3 is 2.65 bits per heavy atom. The van der Waals surface area contributed by atoms with Crippen molar-refractivity contribution in [3.8, 4) is 22.8 Å². The van der Waals surface area contributed by atoms with Crippen LogP contribution < -0.4 is 14.4 Å². The third-order valence-corrected chi connectivity index (χ3v) is 7.28. The van der Waals surface area contributed by atoms with E-state index < -0.39 is 11.4 Å². The number of methoxy groups -OCH3 is 2. The molecule has 2 aromatic heterocycles. The van der Waals surface area contributed by atoms with Crippen molar-refractivity contribution in [2.75, 3.05) is 51.1 Å². The number of nitrogens with zero attached hydrogens (tertiary/aromatic N) is 4. The fourth-order valence-electron chi connectivity index (χ4n) is 3.90. The van der Waals surface area contributed by atoms with E-state index in [9.17, 15) is 4.55 Å². The molecule has 0 saturated carbocycles. The van der Waals surface area contributed by atoms with Crippen LogP contribution in [-0.4, -0.2) is 64.4 Å². The van der Waals surface area contributed by atoms with Crippen LogP contribution >= 0.6 is 11.6 Å². The van der Waals surface area contributed by atoms with E-state index in [4.69, 9.17) is 26.1 Å². The number of pyridine rings is 1. The number of ether oxygens (including phenoxy) is 2. The highest BCUT2D eigenvalue weighted by Crippen LogP contribution is 2.38. The second-order valence-corrected chi connectivity index (χ2v) is 9.49. The second kappa shape index (κ2) is 9.56. The Bertz CT molecular complexity index is 1060. The fraction of sp³-hybridized carbons (Fsp3) is 0.409. The van der Waals surface area contributed by atoms with Crippen molar-refractivity contribution in [2.24, 2.45) is 0 Å². The van der Waals surface area contributed by atoms with Crippen LogP contribution in [0.4, 0.5) is 5.69 Å². The van der Waals surface area contributed by atoms with Crippen LogP contribution in [0.3, 0.4) is 0 Å². The molecule has 0 N–H and O–H groups in total. The Morgan fingerprint density at radius 2 is 1.90 bits per heavy atom. The summed E-state index contributed by atoms with van der Waals surface area (Å²) in [5.41, 5.74) is 3.55. The third-order valence-electron chi connectivity index (χ3n) is 5.55. The van der Waals surface area contributed by atoms with Crippen LogP contribution in [0.15, 0.2) is 36.7 Å². The lowest BCUT2D eigenvalue weighted by molar-refractivity contribution is 0.395. The van der Waals surface area contributed by atoms with E-state index in [1.807, 2.05) is 29.8 Å². The molecule has 3 heterocycles. The summed E-state index contributed by atoms with van der Waals surface area (Å²) >= 11 is 5.46. The number of fused-ring (bicyclic) bond motifs is 1. The Balaban J connectivity index is 1.62. The minimum Gasteiger partial charge on any atom is -0.598 e. The molecular formula is C22H27ClN4O3S. The predicted molar refractivity (Wildman–Crippen MR) is 126 cm³/mol. The van der Waals surface area contributed by atoms with Gasteiger partial charge in [-0.1, -0.05) is 11.6 Å². The lowest BCUT2D eigenvalue weighted by Gasteiger charge is -2.24. The normalized spacial score (nSPS) is 16.4. The van der Waals surface area contributed by atoms with Crippen molar-refractivity contribution >= 4 is 34.3 Å². The van der Waals surface area contributed by atoms with Gasteiger partial charge in [-0.15, -0.1) is 4.31 Å². The minimum absolute atomic E-state index is 0.509. The summed E-state index contributed by atoms with van der Waals surface area (Å²) in [6.45, 7) is 5.41. The molecule has 0 radical (unpaired) electrons. The number of rotatable bonds is 6. The molecule has 0 spiro atoms. The van der Waals surface area contributed by atoms with Crippen molar-refractivity contribution in [3.05, 3.63) is 41.7 Å². The SMILES string of the molecule is CC[S+]([O-])N1CCCN(c2ccn3cc(-c4cc(Cl)c(OC)cc4OC)nc3c2)CC1. The number of hydrogen-bond acceptors (Lipinski definition) is 6. The van der Waals surface area contributed by atoms with E-state index in [2.05, 4.69) is 21.3 Å². The molecule has 1 aliphatic heterocycles. The van der Waals surface area contributed by atoms with Crippen LogP contribution in [0.25, 0.3) is 16.9 Å². The first-order chi connectivity index (χ1) is 15.0. The summed E-state index contributed by atoms with van der Waals surface area (Å²) in [6.07, 6.45) is 4.97. The van der Waals surface area contributed by atoms with Crippen molar-refractivity contribution in [2.45, 2.75) is 13.3 Å². The van der Waals surface area contributed by atoms with E-state index >= 15 is 0 Å². The van der Waals surface area contributed by atoms with Gasteiger partial charge in [0, 0.05) is 66.8 Å². The van der Waals surface area contributed by atoms with E-state index in [0.29, 0.717) is 22.3 Å². The summed E-state index contributed by atoms with van der Waals surface area (Å²) in [5.74, 6) is 1.88. The van der Waals surface area contributed by atoms with Gasteiger partial charge in [0.15, 0.2) is 0 Å². The fourth-order valence-corrected chi connectivity index (χ4v) is 5.12. The van der Waals surface area contributed by atoms with Gasteiger partial charge in [0.1, 0.15) is 22.9 Å². The van der Waals surface area contributed by atoms with Gasteiger partial charge in [-0.25, -0.2) is 4.98 Å². The molecule has 31 heavy (non-hydrogen) atoms. The maximum absolute atomic E-state index is 12.2. The van der Waals surface area contributed by atoms with Crippen molar-refractivity contribution < 1.29 is 14.0 Å². The van der Waals surface area contributed by atoms with Crippen molar-refractivity contribution in [3.63, 3.8) is 0 Å². The van der Waals surface area contributed by atoms with Gasteiger partial charge in [0.2, 0.25) is 0 Å². The summed E-state index contributed by atoms with van der Waals surface area (Å²) in [6, 6.07) is 7.78. The van der Waals surface area contributed by atoms with Gasteiger partial charge < -0.3 is 23.3 Å². The Labute approximate surface area is 190 Å². The minimum atomic E-state index is -0.885. The second-order valence-electron chi connectivity index (χ2n) is 7.34. The summed E-state index contributed by atoms with van der Waals surface area (Å²) < 4.78 is 27.1. The zero-order valence-electron chi connectivity index (χ0n) is 18.0. The highest BCUT2D eigenvalue weighted by Gasteiger charge is 2.23. The Hall–Kier alpha value is -2.13. The summed E-state index contributed by atoms with van der Waals surface area (Å²) in [5, 5.41) is 0.509. The molecule has 1 unspecified atom stereocenters. The third kappa shape index (κ3) is 4.57. The largest absolute Gasteiger partial charge is 0.598 e. The lowest BCUT2D eigenvalue weighted by Crippen LogP contribution is -2.36. The van der Waals surface area contributed by atoms with Crippen LogP contribution in [0.2, 0.25) is 5.02 Å². The molecule has 1 aromatic carbocycles. The smallest absolute Gasteiger partial charge is 0.141 e. The predicted octanol–water partition coefficient (Wildman–Crippen LogP) is 3.87. The number of anilines is 1. The zero-order chi connectivity index (χ0) is 22.0. The van der Waals surface area contributed by atoms with Gasteiger partial charge in [-0.3, -0.25) is 0 Å². The maximum atomic E-state index is 12.2. The molecule has 7 nitrogen and oxygen atoms in total. The summed E-state index contributed by atoms with van der Waals surface area (Å²) in [7, 11) is 3.20. The molecule has 4 rings (SSSR count). The standard InChI is InChI=1S/C22H27ClN4O3S/c1-4-31(28)27-8-5-7-25(10-11-27)16-6-9-26-15-19(24-22(26)12-16)17-13-18(23)21(30-3)14-20(17)29-2/h6,9,12-15H,4-5,7-8,10-11H2,1-3H3. The average Bonchev–Trinajstić information content (AvgIpc) is 3.06. The van der Waals surface area contributed by atoms with Crippen molar-refractivity contribution in [1.82, 2.24) is 13.7 Å². The van der Waals surface area contributed by atoms with Gasteiger partial charge in [-0.2, -0.15) is 0 Å². The monoisotopic (exact) mass is 462 g/mol. The first kappa shape index (κ1) is 22.1. The van der Waals surface area contributed by atoms with Gasteiger partial charge in [0.25, 0.3) is 0 Å².